The van der Waals surface area contributed by atoms with Gasteiger partial charge in [0.2, 0.25) is 0 Å². The quantitative estimate of drug-likeness (QED) is 0.504. The maximum absolute atomic E-state index is 13.4. The summed E-state index contributed by atoms with van der Waals surface area (Å²) in [4.78, 5) is 15.6. The van der Waals surface area contributed by atoms with E-state index in [1.54, 1.807) is 37.2 Å². The summed E-state index contributed by atoms with van der Waals surface area (Å²) in [5, 5.41) is 7.50. The van der Waals surface area contributed by atoms with Crippen LogP contribution in [0.1, 0.15) is 34.6 Å². The first-order valence-corrected chi connectivity index (χ1v) is 11.7. The summed E-state index contributed by atoms with van der Waals surface area (Å²) in [6.45, 7) is 5.17. The van der Waals surface area contributed by atoms with Crippen molar-refractivity contribution in [2.45, 2.75) is 19.4 Å². The highest BCUT2D eigenvalue weighted by Gasteiger charge is 2.25. The molecule has 0 saturated carbocycles. The second kappa shape index (κ2) is 11.3. The van der Waals surface area contributed by atoms with Crippen molar-refractivity contribution in [3.8, 4) is 17.2 Å². The third kappa shape index (κ3) is 5.47. The lowest BCUT2D eigenvalue weighted by Gasteiger charge is -2.35. The predicted molar refractivity (Wildman–Crippen MR) is 130 cm³/mol. The monoisotopic (exact) mass is 482 g/mol. The van der Waals surface area contributed by atoms with Gasteiger partial charge < -0.3 is 19.5 Å². The molecule has 0 radical (unpaired) electrons. The molecular weight excluding hydrogens is 451 g/mol. The van der Waals surface area contributed by atoms with Crippen LogP contribution in [0.2, 0.25) is 0 Å². The number of hydrogen-bond acceptors (Lipinski definition) is 6. The number of carbonyl (C=O) groups excluding carboxylic acids is 1. The van der Waals surface area contributed by atoms with Crippen molar-refractivity contribution in [1.82, 2.24) is 20.0 Å². The molecule has 0 spiro atoms. The first kappa shape index (κ1) is 24.7. The second-order valence-electron chi connectivity index (χ2n) is 8.24. The average Bonchev–Trinajstić information content (AvgIpc) is 3.34. The van der Waals surface area contributed by atoms with Crippen LogP contribution in [0.4, 0.5) is 4.39 Å². The molecule has 8 nitrogen and oxygen atoms in total. The van der Waals surface area contributed by atoms with Gasteiger partial charge in [0.05, 0.1) is 56.6 Å². The molecule has 1 aromatic heterocycles. The zero-order valence-corrected chi connectivity index (χ0v) is 20.3. The van der Waals surface area contributed by atoms with Crippen molar-refractivity contribution in [2.24, 2.45) is 0 Å². The highest BCUT2D eigenvalue weighted by atomic mass is 19.1. The SMILES string of the molecule is CCc1c(C(=O)NCC(c2ccc(OC)c(OC)c2)N2CCOCC2)cnn1-c1ccc(F)cc1. The van der Waals surface area contributed by atoms with Gasteiger partial charge in [-0.15, -0.1) is 0 Å². The van der Waals surface area contributed by atoms with Crippen molar-refractivity contribution in [3.63, 3.8) is 0 Å². The van der Waals surface area contributed by atoms with Gasteiger partial charge in [-0.3, -0.25) is 9.69 Å². The van der Waals surface area contributed by atoms with E-state index in [9.17, 15) is 9.18 Å². The third-order valence-corrected chi connectivity index (χ3v) is 6.25. The molecule has 3 aromatic rings. The van der Waals surface area contributed by atoms with E-state index in [4.69, 9.17) is 14.2 Å². The molecule has 9 heteroatoms. The van der Waals surface area contributed by atoms with Gasteiger partial charge >= 0.3 is 0 Å². The summed E-state index contributed by atoms with van der Waals surface area (Å²) < 4.78 is 31.5. The number of carbonyl (C=O) groups is 1. The minimum absolute atomic E-state index is 0.0696. The van der Waals surface area contributed by atoms with Gasteiger partial charge in [0.25, 0.3) is 5.91 Å². The van der Waals surface area contributed by atoms with E-state index in [1.807, 2.05) is 25.1 Å². The zero-order valence-electron chi connectivity index (χ0n) is 20.3. The van der Waals surface area contributed by atoms with Gasteiger partial charge in [0, 0.05) is 19.6 Å². The number of halogens is 1. The molecule has 35 heavy (non-hydrogen) atoms. The highest BCUT2D eigenvalue weighted by Crippen LogP contribution is 2.32. The Hall–Kier alpha value is -3.43. The Morgan fingerprint density at radius 1 is 1.11 bits per heavy atom. The van der Waals surface area contributed by atoms with E-state index in [0.29, 0.717) is 48.9 Å². The summed E-state index contributed by atoms with van der Waals surface area (Å²) in [6, 6.07) is 11.8. The first-order chi connectivity index (χ1) is 17.0. The van der Waals surface area contributed by atoms with Crippen LogP contribution in [-0.4, -0.2) is 67.7 Å². The van der Waals surface area contributed by atoms with E-state index in [2.05, 4.69) is 15.3 Å². The van der Waals surface area contributed by atoms with Crippen LogP contribution in [0.3, 0.4) is 0 Å². The lowest BCUT2D eigenvalue weighted by Crippen LogP contribution is -2.43. The molecule has 1 saturated heterocycles. The van der Waals surface area contributed by atoms with Crippen molar-refractivity contribution in [1.29, 1.82) is 0 Å². The van der Waals surface area contributed by atoms with E-state index in [1.165, 1.54) is 12.1 Å². The minimum Gasteiger partial charge on any atom is -0.493 e. The number of rotatable bonds is 9. The molecule has 186 valence electrons. The first-order valence-electron chi connectivity index (χ1n) is 11.7. The topological polar surface area (TPSA) is 77.8 Å². The fourth-order valence-electron chi connectivity index (χ4n) is 4.40. The molecule has 1 fully saturated rings. The van der Waals surface area contributed by atoms with Gasteiger partial charge in [0.1, 0.15) is 5.82 Å². The molecule has 0 aliphatic carbocycles. The normalized spacial score (nSPS) is 15.0. The number of ether oxygens (including phenoxy) is 3. The Morgan fingerprint density at radius 3 is 2.49 bits per heavy atom. The fourth-order valence-corrected chi connectivity index (χ4v) is 4.40. The fraction of sp³-hybridized carbons (Fsp3) is 0.385. The molecule has 1 unspecified atom stereocenters. The van der Waals surface area contributed by atoms with Crippen LogP contribution in [0.15, 0.2) is 48.7 Å². The predicted octanol–water partition coefficient (Wildman–Crippen LogP) is 3.39. The Bertz CT molecular complexity index is 1140. The number of benzene rings is 2. The van der Waals surface area contributed by atoms with E-state index >= 15 is 0 Å². The van der Waals surface area contributed by atoms with Gasteiger partial charge in [-0.2, -0.15) is 5.10 Å². The molecule has 1 aliphatic rings. The smallest absolute Gasteiger partial charge is 0.254 e. The number of morpholine rings is 1. The Labute approximate surface area is 204 Å². The van der Waals surface area contributed by atoms with Crippen LogP contribution in [0.5, 0.6) is 11.5 Å². The summed E-state index contributed by atoms with van der Waals surface area (Å²) in [6.07, 6.45) is 2.17. The lowest BCUT2D eigenvalue weighted by molar-refractivity contribution is 0.0162. The molecule has 4 rings (SSSR count). The zero-order chi connectivity index (χ0) is 24.8. The van der Waals surface area contributed by atoms with E-state index in [-0.39, 0.29) is 17.8 Å². The molecule has 1 atom stereocenters. The van der Waals surface area contributed by atoms with Gasteiger partial charge in [-0.1, -0.05) is 13.0 Å². The largest absolute Gasteiger partial charge is 0.493 e. The van der Waals surface area contributed by atoms with E-state index < -0.39 is 0 Å². The van der Waals surface area contributed by atoms with Gasteiger partial charge in [0.15, 0.2) is 11.5 Å². The van der Waals surface area contributed by atoms with Crippen LogP contribution in [0.25, 0.3) is 5.69 Å². The third-order valence-electron chi connectivity index (χ3n) is 6.25. The maximum Gasteiger partial charge on any atom is 0.254 e. The van der Waals surface area contributed by atoms with Crippen LogP contribution in [-0.2, 0) is 11.2 Å². The Balaban J connectivity index is 1.56. The van der Waals surface area contributed by atoms with Gasteiger partial charge in [-0.05, 0) is 48.4 Å². The average molecular weight is 483 g/mol. The molecular formula is C26H31FN4O4. The summed E-state index contributed by atoms with van der Waals surface area (Å²) in [7, 11) is 3.22. The molecule has 1 N–H and O–H groups in total. The van der Waals surface area contributed by atoms with Crippen molar-refractivity contribution < 1.29 is 23.4 Å². The Morgan fingerprint density at radius 2 is 1.83 bits per heavy atom. The molecule has 2 aromatic carbocycles. The molecule has 1 amide bonds. The standard InChI is InChI=1S/C26H31FN4O4/c1-4-22-21(16-29-31(22)20-8-6-19(27)7-9-20)26(32)28-17-23(30-11-13-35-14-12-30)18-5-10-24(33-2)25(15-18)34-3/h5-10,15-16,23H,4,11-14,17H2,1-3H3,(H,28,32). The summed E-state index contributed by atoms with van der Waals surface area (Å²) in [5.74, 6) is 0.778. The van der Waals surface area contributed by atoms with Crippen molar-refractivity contribution in [3.05, 3.63) is 71.3 Å². The number of hydrogen-bond donors (Lipinski definition) is 1. The molecule has 2 heterocycles. The van der Waals surface area contributed by atoms with Crippen LogP contribution >= 0.6 is 0 Å². The Kier molecular flexibility index (Phi) is 7.99. The number of methoxy groups -OCH3 is 2. The highest BCUT2D eigenvalue weighted by molar-refractivity contribution is 5.95. The van der Waals surface area contributed by atoms with E-state index in [0.717, 1.165) is 24.3 Å². The minimum atomic E-state index is -0.318. The molecule has 0 bridgehead atoms. The number of nitrogens with zero attached hydrogens (tertiary/aromatic N) is 3. The van der Waals surface area contributed by atoms with Crippen LogP contribution < -0.4 is 14.8 Å². The van der Waals surface area contributed by atoms with Crippen LogP contribution in [0, 0.1) is 5.82 Å². The summed E-state index contributed by atoms with van der Waals surface area (Å²) in [5.41, 5.74) is 2.99. The summed E-state index contributed by atoms with van der Waals surface area (Å²) >= 11 is 0. The lowest BCUT2D eigenvalue weighted by atomic mass is 10.0. The number of nitrogens with one attached hydrogen (secondary N) is 1. The van der Waals surface area contributed by atoms with Gasteiger partial charge in [-0.25, -0.2) is 9.07 Å². The van der Waals surface area contributed by atoms with Crippen molar-refractivity contribution >= 4 is 5.91 Å². The number of amides is 1. The second-order valence-corrected chi connectivity index (χ2v) is 8.24. The molecule has 1 aliphatic heterocycles. The van der Waals surface area contributed by atoms with Crippen molar-refractivity contribution in [2.75, 3.05) is 47.1 Å². The number of aromatic nitrogens is 2. The maximum atomic E-state index is 13.4.